The van der Waals surface area contributed by atoms with Crippen LogP contribution in [0.2, 0.25) is 0 Å². The summed E-state index contributed by atoms with van der Waals surface area (Å²) >= 11 is 0. The molecule has 1 aromatic heterocycles. The molecule has 0 spiro atoms. The third-order valence-electron chi connectivity index (χ3n) is 2.46. The normalized spacial score (nSPS) is 16.7. The molecule has 84 valence electrons. The van der Waals surface area contributed by atoms with Gasteiger partial charge in [0.05, 0.1) is 6.07 Å². The molecule has 0 radical (unpaired) electrons. The molecular weight excluding hydrogens is 208 g/mol. The van der Waals surface area contributed by atoms with Gasteiger partial charge in [-0.1, -0.05) is 0 Å². The molecule has 1 saturated heterocycles. The lowest BCUT2D eigenvalue weighted by atomic mass is 10.1. The van der Waals surface area contributed by atoms with Crippen molar-refractivity contribution >= 4 is 0 Å². The Balaban J connectivity index is 2.16. The van der Waals surface area contributed by atoms with Crippen molar-refractivity contribution in [3.05, 3.63) is 22.1 Å². The van der Waals surface area contributed by atoms with E-state index in [4.69, 9.17) is 10.00 Å². The van der Waals surface area contributed by atoms with Crippen LogP contribution in [0, 0.1) is 11.3 Å². The van der Waals surface area contributed by atoms with Crippen LogP contribution in [0.25, 0.3) is 0 Å². The Morgan fingerprint density at radius 2 is 2.25 bits per heavy atom. The van der Waals surface area contributed by atoms with Gasteiger partial charge in [-0.05, 0) is 25.9 Å². The maximum atomic E-state index is 11.1. The third-order valence-corrected chi connectivity index (χ3v) is 2.46. The van der Waals surface area contributed by atoms with E-state index >= 15 is 0 Å². The Morgan fingerprint density at radius 3 is 2.94 bits per heavy atom. The molecule has 1 aromatic rings. The second-order valence-corrected chi connectivity index (χ2v) is 3.62. The smallest absolute Gasteiger partial charge is 0.267 e. The van der Waals surface area contributed by atoms with Gasteiger partial charge in [-0.25, -0.2) is 5.10 Å². The van der Waals surface area contributed by atoms with Crippen LogP contribution in [0.15, 0.2) is 10.9 Å². The van der Waals surface area contributed by atoms with Gasteiger partial charge in [0.1, 0.15) is 12.2 Å². The largest absolute Gasteiger partial charge is 0.487 e. The molecule has 0 bridgehead atoms. The Morgan fingerprint density at radius 1 is 1.50 bits per heavy atom. The number of aromatic nitrogens is 2. The molecular formula is C10H12N4O2. The molecule has 6 heteroatoms. The van der Waals surface area contributed by atoms with Crippen LogP contribution in [-0.2, 0) is 0 Å². The number of hydrogen-bond donors (Lipinski definition) is 2. The van der Waals surface area contributed by atoms with Crippen LogP contribution in [0.1, 0.15) is 18.5 Å². The van der Waals surface area contributed by atoms with E-state index in [1.165, 1.54) is 6.07 Å². The zero-order chi connectivity index (χ0) is 11.4. The summed E-state index contributed by atoms with van der Waals surface area (Å²) in [4.78, 5) is 11.1. The maximum Gasteiger partial charge on any atom is 0.267 e. The summed E-state index contributed by atoms with van der Waals surface area (Å²) in [6.07, 6.45) is 1.80. The molecule has 16 heavy (non-hydrogen) atoms. The van der Waals surface area contributed by atoms with Gasteiger partial charge >= 0.3 is 0 Å². The van der Waals surface area contributed by atoms with Crippen molar-refractivity contribution < 1.29 is 4.74 Å². The molecule has 0 saturated carbocycles. The monoisotopic (exact) mass is 220 g/mol. The van der Waals surface area contributed by atoms with Crippen LogP contribution in [0.3, 0.4) is 0 Å². The first-order valence-corrected chi connectivity index (χ1v) is 5.17. The summed E-state index contributed by atoms with van der Waals surface area (Å²) in [5.74, 6) is 0.276. The molecule has 0 amide bonds. The van der Waals surface area contributed by atoms with E-state index in [2.05, 4.69) is 15.5 Å². The first kappa shape index (κ1) is 10.6. The minimum Gasteiger partial charge on any atom is -0.487 e. The molecule has 2 heterocycles. The molecule has 6 nitrogen and oxygen atoms in total. The lowest BCUT2D eigenvalue weighted by Crippen LogP contribution is -2.34. The molecule has 0 aromatic carbocycles. The molecule has 2 rings (SSSR count). The lowest BCUT2D eigenvalue weighted by Gasteiger charge is -2.23. The van der Waals surface area contributed by atoms with Crippen LogP contribution >= 0.6 is 0 Å². The van der Waals surface area contributed by atoms with Crippen molar-refractivity contribution in [3.8, 4) is 11.8 Å². The Kier molecular flexibility index (Phi) is 3.17. The van der Waals surface area contributed by atoms with E-state index in [1.807, 2.05) is 6.07 Å². The van der Waals surface area contributed by atoms with E-state index in [-0.39, 0.29) is 23.1 Å². The number of aromatic amines is 1. The molecule has 1 aliphatic heterocycles. The second kappa shape index (κ2) is 4.77. The van der Waals surface area contributed by atoms with E-state index in [1.54, 1.807) is 0 Å². The van der Waals surface area contributed by atoms with Gasteiger partial charge in [-0.15, -0.1) is 0 Å². The molecule has 2 N–H and O–H groups in total. The van der Waals surface area contributed by atoms with Crippen LogP contribution in [-0.4, -0.2) is 29.4 Å². The highest BCUT2D eigenvalue weighted by molar-refractivity contribution is 5.35. The first-order chi connectivity index (χ1) is 7.79. The van der Waals surface area contributed by atoms with Gasteiger partial charge in [-0.3, -0.25) is 4.79 Å². The second-order valence-electron chi connectivity index (χ2n) is 3.62. The quantitative estimate of drug-likeness (QED) is 0.718. The Bertz CT molecular complexity index is 457. The van der Waals surface area contributed by atoms with E-state index in [0.29, 0.717) is 0 Å². The fourth-order valence-electron chi connectivity index (χ4n) is 1.65. The molecule has 0 unspecified atom stereocenters. The number of piperidine rings is 1. The van der Waals surface area contributed by atoms with E-state index in [9.17, 15) is 4.79 Å². The minimum absolute atomic E-state index is 0.0527. The average molecular weight is 220 g/mol. The number of hydrogen-bond acceptors (Lipinski definition) is 5. The number of nitrogens with zero attached hydrogens (tertiary/aromatic N) is 2. The number of nitriles is 1. The molecule has 0 aliphatic carbocycles. The van der Waals surface area contributed by atoms with Crippen LogP contribution in [0.4, 0.5) is 0 Å². The molecule has 0 atom stereocenters. The van der Waals surface area contributed by atoms with Gasteiger partial charge in [-0.2, -0.15) is 10.4 Å². The number of H-pyrrole nitrogens is 1. The van der Waals surface area contributed by atoms with Gasteiger partial charge in [0, 0.05) is 0 Å². The van der Waals surface area contributed by atoms with Gasteiger partial charge in [0.15, 0.2) is 5.75 Å². The summed E-state index contributed by atoms with van der Waals surface area (Å²) < 4.78 is 5.61. The van der Waals surface area contributed by atoms with Crippen molar-refractivity contribution in [3.63, 3.8) is 0 Å². The highest BCUT2D eigenvalue weighted by Gasteiger charge is 2.17. The van der Waals surface area contributed by atoms with Gasteiger partial charge in [0.2, 0.25) is 5.69 Å². The SMILES string of the molecule is N#Cc1n[nH]c(=O)cc1OC1CCNCC1. The summed E-state index contributed by atoms with van der Waals surface area (Å²) in [5.41, 5.74) is -0.235. The lowest BCUT2D eigenvalue weighted by molar-refractivity contribution is 0.161. The highest BCUT2D eigenvalue weighted by Crippen LogP contribution is 2.17. The van der Waals surface area contributed by atoms with Gasteiger partial charge < -0.3 is 10.1 Å². The molecule has 1 fully saturated rings. The number of nitrogens with one attached hydrogen (secondary N) is 2. The zero-order valence-electron chi connectivity index (χ0n) is 8.69. The van der Waals surface area contributed by atoms with Crippen molar-refractivity contribution in [2.24, 2.45) is 0 Å². The summed E-state index contributed by atoms with van der Waals surface area (Å²) in [5, 5.41) is 17.9. The number of rotatable bonds is 2. The summed E-state index contributed by atoms with van der Waals surface area (Å²) in [6, 6.07) is 3.16. The Labute approximate surface area is 92.2 Å². The van der Waals surface area contributed by atoms with Crippen LogP contribution in [0.5, 0.6) is 5.75 Å². The summed E-state index contributed by atoms with van der Waals surface area (Å²) in [6.45, 7) is 1.78. The fraction of sp³-hybridized carbons (Fsp3) is 0.500. The number of ether oxygens (including phenoxy) is 1. The van der Waals surface area contributed by atoms with Crippen molar-refractivity contribution in [2.75, 3.05) is 13.1 Å². The van der Waals surface area contributed by atoms with Gasteiger partial charge in [0.25, 0.3) is 5.56 Å². The van der Waals surface area contributed by atoms with Crippen LogP contribution < -0.4 is 15.6 Å². The van der Waals surface area contributed by atoms with Crippen molar-refractivity contribution in [1.82, 2.24) is 15.5 Å². The maximum absolute atomic E-state index is 11.1. The predicted molar refractivity (Wildman–Crippen MR) is 56.1 cm³/mol. The molecule has 1 aliphatic rings. The zero-order valence-corrected chi connectivity index (χ0v) is 8.69. The highest BCUT2D eigenvalue weighted by atomic mass is 16.5. The fourth-order valence-corrected chi connectivity index (χ4v) is 1.65. The average Bonchev–Trinajstić information content (AvgIpc) is 2.31. The van der Waals surface area contributed by atoms with E-state index < -0.39 is 0 Å². The third kappa shape index (κ3) is 2.38. The van der Waals surface area contributed by atoms with Crippen molar-refractivity contribution in [1.29, 1.82) is 5.26 Å². The topological polar surface area (TPSA) is 90.8 Å². The first-order valence-electron chi connectivity index (χ1n) is 5.17. The van der Waals surface area contributed by atoms with Crippen molar-refractivity contribution in [2.45, 2.75) is 18.9 Å². The Hall–Kier alpha value is -1.87. The predicted octanol–water partition coefficient (Wildman–Crippen LogP) is -0.228. The van der Waals surface area contributed by atoms with E-state index in [0.717, 1.165) is 25.9 Å². The minimum atomic E-state index is -0.358. The summed E-state index contributed by atoms with van der Waals surface area (Å²) in [7, 11) is 0. The standard InChI is InChI=1S/C10H12N4O2/c11-6-8-9(5-10(15)14-13-8)16-7-1-3-12-4-2-7/h5,7,12H,1-4H2,(H,14,15).